The summed E-state index contributed by atoms with van der Waals surface area (Å²) in [6.45, 7) is 1.93. The van der Waals surface area contributed by atoms with Gasteiger partial charge in [0.15, 0.2) is 23.1 Å². The van der Waals surface area contributed by atoms with Crippen molar-refractivity contribution in [2.45, 2.75) is 19.8 Å². The fraction of sp³-hybridized carbons (Fsp3) is 0.231. The van der Waals surface area contributed by atoms with E-state index >= 15 is 0 Å². The third-order valence-electron chi connectivity index (χ3n) is 2.88. The van der Waals surface area contributed by atoms with Gasteiger partial charge < -0.3 is 11.1 Å². The number of H-pyrrole nitrogens is 1. The quantitative estimate of drug-likeness (QED) is 0.759. The van der Waals surface area contributed by atoms with Gasteiger partial charge in [-0.15, -0.1) is 0 Å². The van der Waals surface area contributed by atoms with Crippen LogP contribution in [0.2, 0.25) is 0 Å². The van der Waals surface area contributed by atoms with Gasteiger partial charge >= 0.3 is 0 Å². The monoisotopic (exact) mass is 298 g/mol. The van der Waals surface area contributed by atoms with Crippen LogP contribution >= 0.6 is 0 Å². The summed E-state index contributed by atoms with van der Waals surface area (Å²) in [6, 6.07) is 1.63. The molecule has 112 valence electrons. The number of halogens is 3. The maximum absolute atomic E-state index is 13.5. The van der Waals surface area contributed by atoms with Crippen molar-refractivity contribution < 1.29 is 18.0 Å². The van der Waals surface area contributed by atoms with Crippen LogP contribution in [0.5, 0.6) is 0 Å². The van der Waals surface area contributed by atoms with E-state index in [4.69, 9.17) is 5.73 Å². The lowest BCUT2D eigenvalue weighted by Crippen LogP contribution is -2.16. The summed E-state index contributed by atoms with van der Waals surface area (Å²) in [7, 11) is 0. The van der Waals surface area contributed by atoms with E-state index in [9.17, 15) is 18.0 Å². The third kappa shape index (κ3) is 2.83. The predicted octanol–water partition coefficient (Wildman–Crippen LogP) is 2.61. The van der Waals surface area contributed by atoms with E-state index in [0.717, 1.165) is 12.5 Å². The molecule has 5 nitrogen and oxygen atoms in total. The normalized spacial score (nSPS) is 10.7. The predicted molar refractivity (Wildman–Crippen MR) is 71.3 cm³/mol. The van der Waals surface area contributed by atoms with Gasteiger partial charge in [-0.1, -0.05) is 13.3 Å². The van der Waals surface area contributed by atoms with Gasteiger partial charge in [-0.05, 0) is 18.6 Å². The number of nitrogens with two attached hydrogens (primary N) is 1. The number of benzene rings is 1. The fourth-order valence-corrected chi connectivity index (χ4v) is 1.80. The Hall–Kier alpha value is -2.51. The lowest BCUT2D eigenvalue weighted by atomic mass is 10.2. The number of nitrogens with zero attached hydrogens (tertiary/aromatic N) is 1. The standard InChI is InChI=1S/C13H13F3N4O/c1-2-3-8-11(17)12(20-19-8)13(21)18-7-5-4-6(14)9(15)10(7)16/h4-5H,2-3,17H2,1H3,(H,18,21)(H,19,20). The summed E-state index contributed by atoms with van der Waals surface area (Å²) < 4.78 is 39.4. The zero-order valence-corrected chi connectivity index (χ0v) is 11.1. The van der Waals surface area contributed by atoms with Crippen molar-refractivity contribution in [2.75, 3.05) is 11.1 Å². The van der Waals surface area contributed by atoms with E-state index in [1.54, 1.807) is 0 Å². The average Bonchev–Trinajstić information content (AvgIpc) is 2.81. The molecule has 2 aromatic rings. The highest BCUT2D eigenvalue weighted by molar-refractivity contribution is 6.06. The second-order valence-corrected chi connectivity index (χ2v) is 4.39. The summed E-state index contributed by atoms with van der Waals surface area (Å²) in [6.07, 6.45) is 1.40. The van der Waals surface area contributed by atoms with Crippen LogP contribution in [0.4, 0.5) is 24.5 Å². The Labute approximate surface area is 118 Å². The number of nitrogen functional groups attached to an aromatic ring is 1. The lowest BCUT2D eigenvalue weighted by Gasteiger charge is -2.06. The van der Waals surface area contributed by atoms with Gasteiger partial charge in [0.25, 0.3) is 5.91 Å². The van der Waals surface area contributed by atoms with Crippen LogP contribution < -0.4 is 11.1 Å². The molecule has 2 rings (SSSR count). The van der Waals surface area contributed by atoms with Gasteiger partial charge in [0.2, 0.25) is 0 Å². The van der Waals surface area contributed by atoms with Crippen molar-refractivity contribution in [3.8, 4) is 0 Å². The van der Waals surface area contributed by atoms with Crippen molar-refractivity contribution in [2.24, 2.45) is 0 Å². The van der Waals surface area contributed by atoms with Gasteiger partial charge in [0.05, 0.1) is 17.1 Å². The third-order valence-corrected chi connectivity index (χ3v) is 2.88. The second kappa shape index (κ2) is 5.86. The van der Waals surface area contributed by atoms with Gasteiger partial charge in [0.1, 0.15) is 0 Å². The van der Waals surface area contributed by atoms with Crippen LogP contribution in [0.25, 0.3) is 0 Å². The topological polar surface area (TPSA) is 83.8 Å². The molecule has 4 N–H and O–H groups in total. The second-order valence-electron chi connectivity index (χ2n) is 4.39. The SMILES string of the molecule is CCCc1[nH]nc(C(=O)Nc2ccc(F)c(F)c2F)c1N. The molecule has 1 heterocycles. The summed E-state index contributed by atoms with van der Waals surface area (Å²) in [5.74, 6) is -5.29. The Bertz CT molecular complexity index is 684. The fourth-order valence-electron chi connectivity index (χ4n) is 1.80. The van der Waals surface area contributed by atoms with Crippen LogP contribution in [-0.4, -0.2) is 16.1 Å². The first-order valence-corrected chi connectivity index (χ1v) is 6.23. The van der Waals surface area contributed by atoms with E-state index in [-0.39, 0.29) is 11.4 Å². The minimum absolute atomic E-state index is 0.123. The van der Waals surface area contributed by atoms with Crippen molar-refractivity contribution in [1.82, 2.24) is 10.2 Å². The summed E-state index contributed by atoms with van der Waals surface area (Å²) >= 11 is 0. The van der Waals surface area contributed by atoms with Gasteiger partial charge in [-0.3, -0.25) is 9.89 Å². The van der Waals surface area contributed by atoms with Crippen LogP contribution in [0.1, 0.15) is 29.5 Å². The van der Waals surface area contributed by atoms with E-state index in [2.05, 4.69) is 15.5 Å². The van der Waals surface area contributed by atoms with E-state index in [1.807, 2.05) is 6.92 Å². The molecular formula is C13H13F3N4O. The first-order valence-electron chi connectivity index (χ1n) is 6.23. The smallest absolute Gasteiger partial charge is 0.278 e. The largest absolute Gasteiger partial charge is 0.395 e. The van der Waals surface area contributed by atoms with E-state index in [1.165, 1.54) is 0 Å². The zero-order chi connectivity index (χ0) is 15.6. The van der Waals surface area contributed by atoms with Crippen LogP contribution in [-0.2, 0) is 6.42 Å². The number of hydrogen-bond acceptors (Lipinski definition) is 3. The minimum atomic E-state index is -1.66. The molecule has 0 saturated carbocycles. The molecule has 0 unspecified atom stereocenters. The number of aryl methyl sites for hydroxylation is 1. The molecule has 0 atom stereocenters. The number of amides is 1. The molecule has 8 heteroatoms. The number of carbonyl (C=O) groups is 1. The molecule has 0 saturated heterocycles. The Balaban J connectivity index is 2.24. The maximum Gasteiger partial charge on any atom is 0.278 e. The molecule has 1 amide bonds. The van der Waals surface area contributed by atoms with Crippen molar-refractivity contribution >= 4 is 17.3 Å². The summed E-state index contributed by atoms with van der Waals surface area (Å²) in [5.41, 5.74) is 5.88. The van der Waals surface area contributed by atoms with Crippen molar-refractivity contribution in [3.63, 3.8) is 0 Å². The van der Waals surface area contributed by atoms with Crippen molar-refractivity contribution in [1.29, 1.82) is 0 Å². The first kappa shape index (κ1) is 14.9. The highest BCUT2D eigenvalue weighted by Crippen LogP contribution is 2.22. The van der Waals surface area contributed by atoms with Crippen molar-refractivity contribution in [3.05, 3.63) is 41.0 Å². The van der Waals surface area contributed by atoms with Crippen LogP contribution in [0, 0.1) is 17.5 Å². The van der Waals surface area contributed by atoms with Gasteiger partial charge in [-0.2, -0.15) is 5.10 Å². The van der Waals surface area contributed by atoms with Gasteiger partial charge in [0, 0.05) is 0 Å². The number of anilines is 2. The Morgan fingerprint density at radius 2 is 2.05 bits per heavy atom. The molecule has 0 aliphatic rings. The number of rotatable bonds is 4. The number of nitrogens with one attached hydrogen (secondary N) is 2. The van der Waals surface area contributed by atoms with Crippen LogP contribution in [0.15, 0.2) is 12.1 Å². The summed E-state index contributed by atoms with van der Waals surface area (Å²) in [4.78, 5) is 11.9. The number of aromatic amines is 1. The Kier molecular flexibility index (Phi) is 4.15. The van der Waals surface area contributed by atoms with E-state index < -0.39 is 29.0 Å². The first-order chi connectivity index (χ1) is 9.95. The number of hydrogen-bond donors (Lipinski definition) is 3. The maximum atomic E-state index is 13.5. The Morgan fingerprint density at radius 3 is 2.71 bits per heavy atom. The molecule has 0 bridgehead atoms. The molecule has 0 radical (unpaired) electrons. The molecule has 0 spiro atoms. The molecule has 1 aromatic carbocycles. The van der Waals surface area contributed by atoms with Crippen LogP contribution in [0.3, 0.4) is 0 Å². The molecule has 21 heavy (non-hydrogen) atoms. The Morgan fingerprint density at radius 1 is 1.33 bits per heavy atom. The molecule has 0 aliphatic carbocycles. The summed E-state index contributed by atoms with van der Waals surface area (Å²) in [5, 5.41) is 8.47. The molecular weight excluding hydrogens is 285 g/mol. The number of carbonyl (C=O) groups excluding carboxylic acids is 1. The molecule has 0 fully saturated rings. The number of aromatic nitrogens is 2. The molecule has 0 aliphatic heterocycles. The van der Waals surface area contributed by atoms with Gasteiger partial charge in [-0.25, -0.2) is 13.2 Å². The van der Waals surface area contributed by atoms with E-state index in [0.29, 0.717) is 18.2 Å². The average molecular weight is 298 g/mol. The zero-order valence-electron chi connectivity index (χ0n) is 11.1. The lowest BCUT2D eigenvalue weighted by molar-refractivity contribution is 0.102. The highest BCUT2D eigenvalue weighted by atomic mass is 19.2. The highest BCUT2D eigenvalue weighted by Gasteiger charge is 2.20. The molecule has 1 aromatic heterocycles. The minimum Gasteiger partial charge on any atom is -0.395 e.